The van der Waals surface area contributed by atoms with E-state index < -0.39 is 0 Å². The molecule has 3 saturated heterocycles. The van der Waals surface area contributed by atoms with E-state index in [0.717, 1.165) is 89.7 Å². The summed E-state index contributed by atoms with van der Waals surface area (Å²) >= 11 is 0. The van der Waals surface area contributed by atoms with Crippen LogP contribution in [0, 0.1) is 11.8 Å². The molecule has 3 fully saturated rings. The quantitative estimate of drug-likeness (QED) is 0.628. The minimum atomic E-state index is 0.326. The molecule has 2 atom stereocenters. The molecule has 3 aliphatic heterocycles. The van der Waals surface area contributed by atoms with E-state index in [9.17, 15) is 4.79 Å². The van der Waals surface area contributed by atoms with Gasteiger partial charge in [-0.05, 0) is 69.3 Å². The maximum atomic E-state index is 13.2. The van der Waals surface area contributed by atoms with Crippen molar-refractivity contribution in [3.63, 3.8) is 0 Å². The number of nitrogens with one attached hydrogen (secondary N) is 1. The highest BCUT2D eigenvalue weighted by atomic mass is 16.5. The summed E-state index contributed by atoms with van der Waals surface area (Å²) in [7, 11) is 0. The summed E-state index contributed by atoms with van der Waals surface area (Å²) in [5.41, 5.74) is 2.38. The summed E-state index contributed by atoms with van der Waals surface area (Å²) in [6.07, 6.45) is 6.51. The van der Waals surface area contributed by atoms with Gasteiger partial charge in [0.25, 0.3) is 0 Å². The highest BCUT2D eigenvalue weighted by Gasteiger charge is 2.31. The summed E-state index contributed by atoms with van der Waals surface area (Å²) in [6.45, 7) is 9.69. The number of hydrogen-bond donors (Lipinski definition) is 1. The zero-order valence-corrected chi connectivity index (χ0v) is 21.0. The van der Waals surface area contributed by atoms with Crippen LogP contribution in [0.5, 0.6) is 0 Å². The molecular formula is C28H41N5O2. The highest BCUT2D eigenvalue weighted by Crippen LogP contribution is 2.27. The SMILES string of the molecule is O=C(C[C@@H]1CCNC[C@@H]1Cc1cc(CN2CCCCC2)on1)N1CCN(Cc2ccccc2)CC1. The molecule has 5 rings (SSSR count). The number of nitrogens with zero attached hydrogens (tertiary/aromatic N) is 4. The van der Waals surface area contributed by atoms with Gasteiger partial charge >= 0.3 is 0 Å². The first-order valence-corrected chi connectivity index (χ1v) is 13.6. The van der Waals surface area contributed by atoms with Crippen molar-refractivity contribution >= 4 is 5.91 Å². The monoisotopic (exact) mass is 479 g/mol. The van der Waals surface area contributed by atoms with Crippen LogP contribution in [0.1, 0.15) is 49.1 Å². The Hall–Kier alpha value is -2.22. The van der Waals surface area contributed by atoms with Crippen molar-refractivity contribution in [3.05, 3.63) is 53.4 Å². The molecule has 0 spiro atoms. The lowest BCUT2D eigenvalue weighted by molar-refractivity contribution is -0.134. The zero-order chi connectivity index (χ0) is 23.9. The average molecular weight is 480 g/mol. The molecule has 0 aliphatic carbocycles. The Bertz CT molecular complexity index is 918. The van der Waals surface area contributed by atoms with Gasteiger partial charge in [-0.25, -0.2) is 0 Å². The molecule has 4 heterocycles. The average Bonchev–Trinajstić information content (AvgIpc) is 3.33. The van der Waals surface area contributed by atoms with E-state index in [1.54, 1.807) is 0 Å². The molecule has 0 bridgehead atoms. The molecular weight excluding hydrogens is 438 g/mol. The molecule has 3 aliphatic rings. The van der Waals surface area contributed by atoms with Crippen molar-refractivity contribution < 1.29 is 9.32 Å². The maximum absolute atomic E-state index is 13.2. The molecule has 7 nitrogen and oxygen atoms in total. The lowest BCUT2D eigenvalue weighted by Crippen LogP contribution is -2.49. The Balaban J connectivity index is 1.09. The summed E-state index contributed by atoms with van der Waals surface area (Å²) in [5.74, 6) is 2.15. The van der Waals surface area contributed by atoms with Crippen LogP contribution < -0.4 is 5.32 Å². The maximum Gasteiger partial charge on any atom is 0.222 e. The topological polar surface area (TPSA) is 64.9 Å². The summed E-state index contributed by atoms with van der Waals surface area (Å²) in [5, 5.41) is 7.93. The van der Waals surface area contributed by atoms with Gasteiger partial charge in [0.05, 0.1) is 12.2 Å². The molecule has 0 radical (unpaired) electrons. The third-order valence-electron chi connectivity index (χ3n) is 8.08. The van der Waals surface area contributed by atoms with Gasteiger partial charge < -0.3 is 14.7 Å². The predicted molar refractivity (Wildman–Crippen MR) is 137 cm³/mol. The lowest BCUT2D eigenvalue weighted by Gasteiger charge is -2.37. The number of carbonyl (C=O) groups is 1. The third-order valence-corrected chi connectivity index (χ3v) is 8.08. The Morgan fingerprint density at radius 2 is 1.71 bits per heavy atom. The van der Waals surface area contributed by atoms with Gasteiger partial charge in [-0.1, -0.05) is 41.9 Å². The number of aromatic nitrogens is 1. The Morgan fingerprint density at radius 3 is 2.51 bits per heavy atom. The first-order chi connectivity index (χ1) is 17.2. The van der Waals surface area contributed by atoms with Crippen LogP contribution in [-0.4, -0.2) is 78.1 Å². The van der Waals surface area contributed by atoms with Gasteiger partial charge in [0.15, 0.2) is 5.76 Å². The molecule has 1 amide bonds. The standard InChI is InChI=1S/C28H41N5O2/c34-28(33-15-13-32(14-16-33)21-23-7-3-1-4-8-23)18-24-9-10-29-20-25(24)17-26-19-27(35-30-26)22-31-11-5-2-6-12-31/h1,3-4,7-8,19,24-25,29H,2,5-6,9-18,20-22H2/t24-,25-/m0/s1. The van der Waals surface area contributed by atoms with Gasteiger partial charge in [0.2, 0.25) is 5.91 Å². The van der Waals surface area contributed by atoms with Gasteiger partial charge in [-0.2, -0.15) is 0 Å². The third kappa shape index (κ3) is 6.93. The number of likely N-dealkylation sites (tertiary alicyclic amines) is 1. The molecule has 190 valence electrons. The van der Waals surface area contributed by atoms with Crippen molar-refractivity contribution in [2.24, 2.45) is 11.8 Å². The first-order valence-electron chi connectivity index (χ1n) is 13.6. The van der Waals surface area contributed by atoms with E-state index in [0.29, 0.717) is 24.2 Å². The van der Waals surface area contributed by atoms with Crippen molar-refractivity contribution in [3.8, 4) is 0 Å². The second kappa shape index (κ2) is 12.2. The Morgan fingerprint density at radius 1 is 0.943 bits per heavy atom. The normalized spacial score (nSPS) is 24.5. The number of piperidine rings is 2. The van der Waals surface area contributed by atoms with Crippen LogP contribution in [0.3, 0.4) is 0 Å². The number of benzene rings is 1. The van der Waals surface area contributed by atoms with E-state index in [1.165, 1.54) is 24.8 Å². The van der Waals surface area contributed by atoms with Crippen molar-refractivity contribution in [2.45, 2.75) is 51.6 Å². The zero-order valence-electron chi connectivity index (χ0n) is 21.0. The second-order valence-electron chi connectivity index (χ2n) is 10.7. The van der Waals surface area contributed by atoms with Crippen LogP contribution in [0.25, 0.3) is 0 Å². The fraction of sp³-hybridized carbons (Fsp3) is 0.643. The number of rotatable bonds is 8. The van der Waals surface area contributed by atoms with Gasteiger partial charge in [-0.3, -0.25) is 14.6 Å². The van der Waals surface area contributed by atoms with Gasteiger partial charge in [-0.15, -0.1) is 0 Å². The second-order valence-corrected chi connectivity index (χ2v) is 10.7. The fourth-order valence-corrected chi connectivity index (χ4v) is 5.97. The van der Waals surface area contributed by atoms with Crippen LogP contribution in [0.15, 0.2) is 40.9 Å². The number of carbonyl (C=O) groups excluding carboxylic acids is 1. The Kier molecular flexibility index (Phi) is 8.50. The molecule has 1 aromatic carbocycles. The van der Waals surface area contributed by atoms with Crippen molar-refractivity contribution in [2.75, 3.05) is 52.4 Å². The summed E-state index contributed by atoms with van der Waals surface area (Å²) < 4.78 is 5.68. The van der Waals surface area contributed by atoms with Crippen LogP contribution in [0.2, 0.25) is 0 Å². The van der Waals surface area contributed by atoms with E-state index in [-0.39, 0.29) is 0 Å². The molecule has 1 N–H and O–H groups in total. The van der Waals surface area contributed by atoms with E-state index >= 15 is 0 Å². The molecule has 1 aromatic heterocycles. The minimum absolute atomic E-state index is 0.326. The number of hydrogen-bond acceptors (Lipinski definition) is 6. The predicted octanol–water partition coefficient (Wildman–Crippen LogP) is 3.16. The van der Waals surface area contributed by atoms with Crippen molar-refractivity contribution in [1.82, 2.24) is 25.2 Å². The molecule has 2 aromatic rings. The fourth-order valence-electron chi connectivity index (χ4n) is 5.97. The van der Waals surface area contributed by atoms with E-state index in [2.05, 4.69) is 61.6 Å². The minimum Gasteiger partial charge on any atom is -0.360 e. The summed E-state index contributed by atoms with van der Waals surface area (Å²) in [4.78, 5) is 20.2. The van der Waals surface area contributed by atoms with E-state index in [4.69, 9.17) is 4.52 Å². The number of piperazine rings is 1. The highest BCUT2D eigenvalue weighted by molar-refractivity contribution is 5.76. The van der Waals surface area contributed by atoms with Crippen LogP contribution in [0.4, 0.5) is 0 Å². The van der Waals surface area contributed by atoms with Gasteiger partial charge in [0.1, 0.15) is 0 Å². The molecule has 7 heteroatoms. The Labute approximate surface area is 209 Å². The smallest absolute Gasteiger partial charge is 0.222 e. The number of amides is 1. The van der Waals surface area contributed by atoms with Gasteiger partial charge in [0, 0.05) is 45.2 Å². The molecule has 35 heavy (non-hydrogen) atoms. The van der Waals surface area contributed by atoms with Crippen LogP contribution in [-0.2, 0) is 24.3 Å². The molecule has 0 saturated carbocycles. The largest absolute Gasteiger partial charge is 0.360 e. The molecule has 0 unspecified atom stereocenters. The lowest BCUT2D eigenvalue weighted by atomic mass is 9.81. The van der Waals surface area contributed by atoms with E-state index in [1.807, 2.05) is 0 Å². The van der Waals surface area contributed by atoms with Crippen LogP contribution >= 0.6 is 0 Å². The first kappa shape index (κ1) is 24.5. The van der Waals surface area contributed by atoms with Crippen molar-refractivity contribution in [1.29, 1.82) is 0 Å². The summed E-state index contributed by atoms with van der Waals surface area (Å²) in [6, 6.07) is 12.8.